The highest BCUT2D eigenvalue weighted by Gasteiger charge is 2.27. The summed E-state index contributed by atoms with van der Waals surface area (Å²) in [4.78, 5) is 12.9. The van der Waals surface area contributed by atoms with Crippen molar-refractivity contribution in [2.24, 2.45) is 0 Å². The minimum absolute atomic E-state index is 0.0769. The number of methoxy groups -OCH3 is 1. The van der Waals surface area contributed by atoms with Crippen LogP contribution in [0, 0.1) is 6.92 Å². The van der Waals surface area contributed by atoms with Crippen LogP contribution in [-0.2, 0) is 12.8 Å². The summed E-state index contributed by atoms with van der Waals surface area (Å²) >= 11 is 0. The van der Waals surface area contributed by atoms with E-state index in [2.05, 4.69) is 6.07 Å². The summed E-state index contributed by atoms with van der Waals surface area (Å²) in [5.41, 5.74) is 6.05. The second-order valence-electron chi connectivity index (χ2n) is 6.18. The second kappa shape index (κ2) is 5.68. The van der Waals surface area contributed by atoms with E-state index in [1.165, 1.54) is 5.56 Å². The molecule has 3 nitrogen and oxygen atoms in total. The molecule has 3 aromatic rings. The minimum Gasteiger partial charge on any atom is -0.497 e. The van der Waals surface area contributed by atoms with Gasteiger partial charge in [0.1, 0.15) is 5.75 Å². The van der Waals surface area contributed by atoms with Crippen LogP contribution in [0.15, 0.2) is 53.1 Å². The van der Waals surface area contributed by atoms with Crippen LogP contribution in [0.1, 0.15) is 32.8 Å². The van der Waals surface area contributed by atoms with Crippen molar-refractivity contribution in [1.82, 2.24) is 0 Å². The Bertz CT molecular complexity index is 917. The molecule has 4 rings (SSSR count). The number of fused-ring (bicyclic) bond motifs is 3. The van der Waals surface area contributed by atoms with Crippen LogP contribution < -0.4 is 4.74 Å². The SMILES string of the molecule is COc1ccc2c(c1)-c1c(coc1C(=O)c1ccc(C)cc1)CC2. The van der Waals surface area contributed by atoms with Crippen LogP contribution in [0.4, 0.5) is 0 Å². The Kier molecular flexibility index (Phi) is 3.49. The molecule has 0 bridgehead atoms. The molecule has 0 N–H and O–H groups in total. The van der Waals surface area contributed by atoms with Gasteiger partial charge in [-0.15, -0.1) is 0 Å². The summed E-state index contributed by atoms with van der Waals surface area (Å²) in [5, 5.41) is 0. The molecule has 0 unspecified atom stereocenters. The molecular weight excluding hydrogens is 300 g/mol. The number of carbonyl (C=O) groups excluding carboxylic acids is 1. The first-order chi connectivity index (χ1) is 11.7. The van der Waals surface area contributed by atoms with Gasteiger partial charge in [0.2, 0.25) is 5.78 Å². The first-order valence-corrected chi connectivity index (χ1v) is 8.06. The van der Waals surface area contributed by atoms with Gasteiger partial charge in [0.15, 0.2) is 5.76 Å². The van der Waals surface area contributed by atoms with E-state index in [-0.39, 0.29) is 5.78 Å². The third kappa shape index (κ3) is 2.33. The summed E-state index contributed by atoms with van der Waals surface area (Å²) < 4.78 is 11.1. The second-order valence-corrected chi connectivity index (χ2v) is 6.18. The van der Waals surface area contributed by atoms with Crippen LogP contribution in [0.2, 0.25) is 0 Å². The summed E-state index contributed by atoms with van der Waals surface area (Å²) in [6.07, 6.45) is 3.56. The number of aryl methyl sites for hydroxylation is 3. The van der Waals surface area contributed by atoms with Crippen molar-refractivity contribution < 1.29 is 13.9 Å². The molecule has 1 aliphatic rings. The number of hydrogen-bond donors (Lipinski definition) is 0. The number of hydrogen-bond acceptors (Lipinski definition) is 3. The van der Waals surface area contributed by atoms with Gasteiger partial charge >= 0.3 is 0 Å². The van der Waals surface area contributed by atoms with E-state index >= 15 is 0 Å². The maximum atomic E-state index is 12.9. The number of carbonyl (C=O) groups is 1. The third-order valence-electron chi connectivity index (χ3n) is 4.64. The van der Waals surface area contributed by atoms with Gasteiger partial charge in [0.25, 0.3) is 0 Å². The molecule has 0 fully saturated rings. The van der Waals surface area contributed by atoms with Crippen molar-refractivity contribution in [3.63, 3.8) is 0 Å². The first-order valence-electron chi connectivity index (χ1n) is 8.06. The van der Waals surface area contributed by atoms with Crippen molar-refractivity contribution in [2.45, 2.75) is 19.8 Å². The summed E-state index contributed by atoms with van der Waals surface area (Å²) in [6.45, 7) is 2.01. The fourth-order valence-electron chi connectivity index (χ4n) is 3.28. The van der Waals surface area contributed by atoms with Gasteiger partial charge in [0, 0.05) is 11.1 Å². The Balaban J connectivity index is 1.84. The van der Waals surface area contributed by atoms with Gasteiger partial charge in [-0.3, -0.25) is 4.79 Å². The molecule has 0 saturated carbocycles. The molecule has 1 aliphatic carbocycles. The molecule has 3 heteroatoms. The Morgan fingerprint density at radius 3 is 2.54 bits per heavy atom. The molecule has 0 aliphatic heterocycles. The van der Waals surface area contributed by atoms with Gasteiger partial charge in [-0.05, 0) is 48.6 Å². The highest BCUT2D eigenvalue weighted by molar-refractivity contribution is 6.11. The van der Waals surface area contributed by atoms with Crippen LogP contribution in [0.3, 0.4) is 0 Å². The van der Waals surface area contributed by atoms with E-state index in [0.717, 1.165) is 40.8 Å². The van der Waals surface area contributed by atoms with E-state index in [1.54, 1.807) is 13.4 Å². The topological polar surface area (TPSA) is 39.4 Å². The lowest BCUT2D eigenvalue weighted by molar-refractivity contribution is 0.101. The van der Waals surface area contributed by atoms with Crippen molar-refractivity contribution in [3.05, 3.63) is 76.7 Å². The minimum atomic E-state index is -0.0769. The lowest BCUT2D eigenvalue weighted by Crippen LogP contribution is -2.07. The van der Waals surface area contributed by atoms with Crippen LogP contribution in [-0.4, -0.2) is 12.9 Å². The monoisotopic (exact) mass is 318 g/mol. The van der Waals surface area contributed by atoms with Gasteiger partial charge in [-0.2, -0.15) is 0 Å². The Labute approximate surface area is 140 Å². The van der Waals surface area contributed by atoms with Crippen LogP contribution in [0.25, 0.3) is 11.1 Å². The third-order valence-corrected chi connectivity index (χ3v) is 4.64. The largest absolute Gasteiger partial charge is 0.497 e. The number of ether oxygens (including phenoxy) is 1. The van der Waals surface area contributed by atoms with Gasteiger partial charge in [-0.25, -0.2) is 0 Å². The van der Waals surface area contributed by atoms with E-state index in [4.69, 9.17) is 9.15 Å². The molecule has 24 heavy (non-hydrogen) atoms. The molecule has 1 heterocycles. The standard InChI is InChI=1S/C21H18O3/c1-13-3-5-15(6-4-13)20(22)21-19-16(12-24-21)8-7-14-9-10-17(23-2)11-18(14)19/h3-6,9-12H,7-8H2,1-2H3. The van der Waals surface area contributed by atoms with Crippen LogP contribution in [0.5, 0.6) is 5.75 Å². The van der Waals surface area contributed by atoms with Crippen molar-refractivity contribution in [1.29, 1.82) is 0 Å². The normalized spacial score (nSPS) is 12.4. The lowest BCUT2D eigenvalue weighted by atomic mass is 9.85. The van der Waals surface area contributed by atoms with E-state index in [1.807, 2.05) is 43.3 Å². The quantitative estimate of drug-likeness (QED) is 0.663. The highest BCUT2D eigenvalue weighted by atomic mass is 16.5. The van der Waals surface area contributed by atoms with Gasteiger partial charge in [0.05, 0.1) is 13.4 Å². The summed E-state index contributed by atoms with van der Waals surface area (Å²) in [7, 11) is 1.65. The molecule has 0 amide bonds. The lowest BCUT2D eigenvalue weighted by Gasteiger charge is -2.17. The maximum absolute atomic E-state index is 12.9. The average molecular weight is 318 g/mol. The number of ketones is 1. The first kappa shape index (κ1) is 14.8. The molecule has 1 aromatic heterocycles. The molecule has 0 atom stereocenters. The number of benzene rings is 2. The molecule has 0 radical (unpaired) electrons. The average Bonchev–Trinajstić information content (AvgIpc) is 3.06. The van der Waals surface area contributed by atoms with Crippen molar-refractivity contribution in [3.8, 4) is 16.9 Å². The summed E-state index contributed by atoms with van der Waals surface area (Å²) in [6, 6.07) is 13.6. The van der Waals surface area contributed by atoms with Crippen molar-refractivity contribution in [2.75, 3.05) is 7.11 Å². The number of rotatable bonds is 3. The zero-order chi connectivity index (χ0) is 16.7. The summed E-state index contributed by atoms with van der Waals surface area (Å²) in [5.74, 6) is 1.13. The van der Waals surface area contributed by atoms with E-state index in [9.17, 15) is 4.79 Å². The molecular formula is C21H18O3. The fourth-order valence-corrected chi connectivity index (χ4v) is 3.28. The van der Waals surface area contributed by atoms with E-state index < -0.39 is 0 Å². The predicted molar refractivity (Wildman–Crippen MR) is 92.7 cm³/mol. The Hall–Kier alpha value is -2.81. The van der Waals surface area contributed by atoms with Gasteiger partial charge < -0.3 is 9.15 Å². The van der Waals surface area contributed by atoms with Crippen LogP contribution >= 0.6 is 0 Å². The fraction of sp³-hybridized carbons (Fsp3) is 0.190. The predicted octanol–water partition coefficient (Wildman–Crippen LogP) is 4.59. The number of furan rings is 1. The molecule has 2 aromatic carbocycles. The highest BCUT2D eigenvalue weighted by Crippen LogP contribution is 2.39. The molecule has 0 spiro atoms. The zero-order valence-electron chi connectivity index (χ0n) is 13.8. The smallest absolute Gasteiger partial charge is 0.228 e. The Morgan fingerprint density at radius 2 is 1.79 bits per heavy atom. The molecule has 0 saturated heterocycles. The zero-order valence-corrected chi connectivity index (χ0v) is 13.8. The maximum Gasteiger partial charge on any atom is 0.228 e. The van der Waals surface area contributed by atoms with E-state index in [0.29, 0.717) is 11.3 Å². The Morgan fingerprint density at radius 1 is 1.04 bits per heavy atom. The van der Waals surface area contributed by atoms with Gasteiger partial charge in [-0.1, -0.05) is 35.9 Å². The van der Waals surface area contributed by atoms with Crippen molar-refractivity contribution >= 4 is 5.78 Å². The molecule has 120 valence electrons.